The number of aromatic nitrogens is 1. The number of fused-ring (bicyclic) bond motifs is 1. The van der Waals surface area contributed by atoms with Crippen molar-refractivity contribution in [2.24, 2.45) is 17.3 Å². The minimum absolute atomic E-state index is 0. The zero-order valence-electron chi connectivity index (χ0n) is 13.3. The van der Waals surface area contributed by atoms with Gasteiger partial charge < -0.3 is 24.0 Å². The molecule has 6 rings (SSSR count). The standard InChI is InChI=1S/C20H23IN.HI/c21-14-19-9-15-8-16(10-19)12-20(11-15,13-19)22-7-3-5-17-4-1-2-6-18(17)22;/h1-7,15-16H,8-14H2;1H/q+1;/p-1. The Morgan fingerprint density at radius 1 is 1.00 bits per heavy atom. The minimum Gasteiger partial charge on any atom is -1.00 e. The molecule has 1 nitrogen and oxygen atoms in total. The molecule has 4 fully saturated rings. The van der Waals surface area contributed by atoms with E-state index in [0.29, 0.717) is 11.0 Å². The number of alkyl halides is 1. The molecule has 1 aromatic heterocycles. The quantitative estimate of drug-likeness (QED) is 0.317. The second-order valence-electron chi connectivity index (χ2n) is 8.26. The van der Waals surface area contributed by atoms with Crippen molar-refractivity contribution in [2.75, 3.05) is 4.43 Å². The minimum atomic E-state index is 0. The van der Waals surface area contributed by atoms with E-state index in [2.05, 4.69) is 69.8 Å². The summed E-state index contributed by atoms with van der Waals surface area (Å²) >= 11 is 2.67. The first-order valence-corrected chi connectivity index (χ1v) is 10.2. The van der Waals surface area contributed by atoms with E-state index in [0.717, 1.165) is 11.8 Å². The van der Waals surface area contributed by atoms with Gasteiger partial charge in [-0.2, -0.15) is 4.57 Å². The monoisotopic (exact) mass is 531 g/mol. The van der Waals surface area contributed by atoms with Crippen LogP contribution in [0.1, 0.15) is 38.5 Å². The molecule has 2 aromatic rings. The molecular weight excluding hydrogens is 508 g/mol. The van der Waals surface area contributed by atoms with Gasteiger partial charge >= 0.3 is 0 Å². The summed E-state index contributed by atoms with van der Waals surface area (Å²) in [5, 5.41) is 1.39. The molecule has 1 heterocycles. The van der Waals surface area contributed by atoms with Crippen molar-refractivity contribution in [3.05, 3.63) is 42.6 Å². The van der Waals surface area contributed by atoms with Crippen molar-refractivity contribution in [3.63, 3.8) is 0 Å². The Kier molecular flexibility index (Phi) is 4.19. The van der Waals surface area contributed by atoms with E-state index in [1.165, 1.54) is 53.9 Å². The predicted octanol–water partition coefficient (Wildman–Crippen LogP) is 1.86. The number of rotatable bonds is 2. The average molecular weight is 531 g/mol. The van der Waals surface area contributed by atoms with Crippen molar-refractivity contribution in [1.29, 1.82) is 0 Å². The van der Waals surface area contributed by atoms with E-state index in [1.54, 1.807) is 0 Å². The molecular formula is C20H23I2N. The van der Waals surface area contributed by atoms with Crippen LogP contribution in [0.15, 0.2) is 42.6 Å². The van der Waals surface area contributed by atoms with Crippen molar-refractivity contribution >= 4 is 33.5 Å². The molecule has 0 amide bonds. The molecule has 4 aliphatic carbocycles. The zero-order valence-corrected chi connectivity index (χ0v) is 17.7. The Hall–Kier alpha value is 0.0900. The lowest BCUT2D eigenvalue weighted by Gasteiger charge is -2.58. The second kappa shape index (κ2) is 5.82. The molecule has 3 heteroatoms. The summed E-state index contributed by atoms with van der Waals surface area (Å²) in [6, 6.07) is 13.5. The van der Waals surface area contributed by atoms with Crippen LogP contribution in [0.2, 0.25) is 0 Å². The van der Waals surface area contributed by atoms with Crippen LogP contribution in [0, 0.1) is 17.3 Å². The van der Waals surface area contributed by atoms with Crippen LogP contribution >= 0.6 is 22.6 Å². The normalized spacial score (nSPS) is 37.8. The Bertz CT molecular complexity index is 722. The summed E-state index contributed by atoms with van der Waals surface area (Å²) in [5.41, 5.74) is 2.47. The molecule has 2 atom stereocenters. The van der Waals surface area contributed by atoms with Crippen molar-refractivity contribution in [3.8, 4) is 0 Å². The number of hydrogen-bond acceptors (Lipinski definition) is 0. The maximum atomic E-state index is 2.68. The predicted molar refractivity (Wildman–Crippen MR) is 98.1 cm³/mol. The first kappa shape index (κ1) is 16.6. The topological polar surface area (TPSA) is 3.88 Å². The molecule has 2 unspecified atom stereocenters. The van der Waals surface area contributed by atoms with E-state index < -0.39 is 0 Å². The fourth-order valence-electron chi connectivity index (χ4n) is 6.41. The van der Waals surface area contributed by atoms with E-state index >= 15 is 0 Å². The fourth-order valence-corrected chi connectivity index (χ4v) is 7.31. The highest BCUT2D eigenvalue weighted by atomic mass is 127. The van der Waals surface area contributed by atoms with E-state index in [4.69, 9.17) is 0 Å². The lowest BCUT2D eigenvalue weighted by atomic mass is 9.47. The molecule has 0 N–H and O–H groups in total. The third-order valence-electron chi connectivity index (χ3n) is 6.65. The maximum absolute atomic E-state index is 2.68. The van der Waals surface area contributed by atoms with Gasteiger partial charge in [0, 0.05) is 41.2 Å². The van der Waals surface area contributed by atoms with E-state index in [-0.39, 0.29) is 24.0 Å². The fraction of sp³-hybridized carbons (Fsp3) is 0.550. The lowest BCUT2D eigenvalue weighted by Crippen LogP contribution is -3.00. The molecule has 122 valence electrons. The highest BCUT2D eigenvalue weighted by Crippen LogP contribution is 2.63. The Labute approximate surface area is 169 Å². The van der Waals surface area contributed by atoms with Gasteiger partial charge in [-0.25, -0.2) is 0 Å². The third kappa shape index (κ3) is 2.47. The number of para-hydroxylation sites is 1. The third-order valence-corrected chi connectivity index (χ3v) is 8.27. The van der Waals surface area contributed by atoms with Crippen molar-refractivity contribution < 1.29 is 28.5 Å². The Morgan fingerprint density at radius 3 is 2.43 bits per heavy atom. The van der Waals surface area contributed by atoms with E-state index in [9.17, 15) is 0 Å². The summed E-state index contributed by atoms with van der Waals surface area (Å²) in [6.45, 7) is 0. The van der Waals surface area contributed by atoms with Gasteiger partial charge in [-0.15, -0.1) is 0 Å². The average Bonchev–Trinajstić information content (AvgIpc) is 2.53. The van der Waals surface area contributed by atoms with Crippen LogP contribution in [-0.2, 0) is 5.54 Å². The lowest BCUT2D eigenvalue weighted by molar-refractivity contribution is -0.756. The number of nitrogens with zero attached hydrogens (tertiary/aromatic N) is 1. The highest BCUT2D eigenvalue weighted by molar-refractivity contribution is 14.1. The zero-order chi connectivity index (χ0) is 14.8. The van der Waals surface area contributed by atoms with E-state index in [1.807, 2.05) is 0 Å². The molecule has 0 radical (unpaired) electrons. The first-order valence-electron chi connectivity index (χ1n) is 8.68. The van der Waals surface area contributed by atoms with Crippen molar-refractivity contribution in [2.45, 2.75) is 44.1 Å². The van der Waals surface area contributed by atoms with Gasteiger partial charge in [0.25, 0.3) is 0 Å². The van der Waals surface area contributed by atoms with Gasteiger partial charge in [-0.3, -0.25) is 0 Å². The largest absolute Gasteiger partial charge is 1.00 e. The van der Waals surface area contributed by atoms with Crippen LogP contribution in [0.4, 0.5) is 0 Å². The Balaban J connectivity index is 0.00000135. The van der Waals surface area contributed by atoms with Crippen LogP contribution in [0.25, 0.3) is 10.9 Å². The number of halogens is 2. The summed E-state index contributed by atoms with van der Waals surface area (Å²) < 4.78 is 4.03. The Morgan fingerprint density at radius 2 is 1.70 bits per heavy atom. The van der Waals surface area contributed by atoms with Crippen molar-refractivity contribution in [1.82, 2.24) is 0 Å². The van der Waals surface area contributed by atoms with Gasteiger partial charge in [-0.05, 0) is 48.6 Å². The molecule has 4 aliphatic rings. The summed E-state index contributed by atoms with van der Waals surface area (Å²) in [4.78, 5) is 0. The molecule has 0 spiro atoms. The van der Waals surface area contributed by atoms with Gasteiger partial charge in [0.2, 0.25) is 5.52 Å². The summed E-state index contributed by atoms with van der Waals surface area (Å²) in [5.74, 6) is 1.95. The van der Waals surface area contributed by atoms with Gasteiger partial charge in [0.1, 0.15) is 0 Å². The molecule has 1 aromatic carbocycles. The number of benzene rings is 1. The number of pyridine rings is 1. The smallest absolute Gasteiger partial charge is 0.212 e. The summed E-state index contributed by atoms with van der Waals surface area (Å²) in [7, 11) is 0. The van der Waals surface area contributed by atoms with Gasteiger partial charge in [-0.1, -0.05) is 34.7 Å². The second-order valence-corrected chi connectivity index (χ2v) is 9.02. The van der Waals surface area contributed by atoms with Gasteiger partial charge in [0.15, 0.2) is 11.7 Å². The molecule has 4 bridgehead atoms. The van der Waals surface area contributed by atoms with Gasteiger partial charge in [0.05, 0.1) is 0 Å². The molecule has 4 saturated carbocycles. The molecule has 0 aliphatic heterocycles. The number of hydrogen-bond donors (Lipinski definition) is 0. The SMILES string of the molecule is ICC12CC3CC(C1)CC([n+]1cccc4ccccc41)(C3)C2.[I-]. The molecule has 23 heavy (non-hydrogen) atoms. The first-order chi connectivity index (χ1) is 10.7. The van der Waals surface area contributed by atoms with Crippen LogP contribution < -0.4 is 28.5 Å². The van der Waals surface area contributed by atoms with Crippen LogP contribution in [0.3, 0.4) is 0 Å². The molecule has 0 saturated heterocycles. The summed E-state index contributed by atoms with van der Waals surface area (Å²) in [6.07, 6.45) is 11.1. The van der Waals surface area contributed by atoms with Crippen LogP contribution in [-0.4, -0.2) is 4.43 Å². The van der Waals surface area contributed by atoms with Crippen LogP contribution in [0.5, 0.6) is 0 Å². The maximum Gasteiger partial charge on any atom is 0.212 e. The highest BCUT2D eigenvalue weighted by Gasteiger charge is 2.62.